The molecule has 138 valence electrons. The molecule has 0 fully saturated rings. The number of hydrogen-bond donors (Lipinski definition) is 2. The smallest absolute Gasteiger partial charge is 0.407 e. The van der Waals surface area contributed by atoms with E-state index in [1.807, 2.05) is 39.0 Å². The third-order valence-electron chi connectivity index (χ3n) is 3.32. The van der Waals surface area contributed by atoms with E-state index in [1.54, 1.807) is 0 Å². The molecule has 0 saturated heterocycles. The molecule has 1 amide bonds. The van der Waals surface area contributed by atoms with Crippen LogP contribution >= 0.6 is 0 Å². The second kappa shape index (κ2) is 10.8. The molecule has 0 aliphatic heterocycles. The van der Waals surface area contributed by atoms with Crippen molar-refractivity contribution in [2.75, 3.05) is 13.1 Å². The Morgan fingerprint density at radius 2 is 1.88 bits per heavy atom. The van der Waals surface area contributed by atoms with Crippen molar-refractivity contribution in [2.24, 2.45) is 5.92 Å². The van der Waals surface area contributed by atoms with E-state index in [1.165, 1.54) is 5.56 Å². The van der Waals surface area contributed by atoms with Crippen LogP contribution in [0.4, 0.5) is 4.79 Å². The van der Waals surface area contributed by atoms with Crippen molar-refractivity contribution in [3.05, 3.63) is 35.9 Å². The summed E-state index contributed by atoms with van der Waals surface area (Å²) < 4.78 is 5.38. The maximum atomic E-state index is 12.1. The summed E-state index contributed by atoms with van der Waals surface area (Å²) in [5, 5.41) is 6.31. The molecule has 0 aliphatic rings. The number of hydrogen-bond acceptors (Lipinski definition) is 3. The lowest BCUT2D eigenvalue weighted by Gasteiger charge is -2.24. The van der Waals surface area contributed by atoms with Crippen LogP contribution in [0.15, 0.2) is 30.3 Å². The Kier molecular flexibility index (Phi) is 9.08. The Bertz CT molecular complexity index is 565. The summed E-state index contributed by atoms with van der Waals surface area (Å²) in [4.78, 5) is 12.1. The van der Waals surface area contributed by atoms with Gasteiger partial charge in [-0.15, -0.1) is 0 Å². The van der Waals surface area contributed by atoms with Crippen molar-refractivity contribution < 1.29 is 9.53 Å². The lowest BCUT2D eigenvalue weighted by atomic mass is 10.0. The Balaban J connectivity index is 2.53. The van der Waals surface area contributed by atoms with E-state index < -0.39 is 5.60 Å². The van der Waals surface area contributed by atoms with Gasteiger partial charge in [0, 0.05) is 12.0 Å². The molecule has 0 heterocycles. The van der Waals surface area contributed by atoms with E-state index in [-0.39, 0.29) is 12.1 Å². The van der Waals surface area contributed by atoms with Gasteiger partial charge in [-0.25, -0.2) is 4.79 Å². The zero-order valence-electron chi connectivity index (χ0n) is 16.2. The molecule has 25 heavy (non-hydrogen) atoms. The van der Waals surface area contributed by atoms with Gasteiger partial charge >= 0.3 is 6.09 Å². The number of rotatable bonds is 7. The van der Waals surface area contributed by atoms with Crippen LogP contribution in [-0.2, 0) is 11.2 Å². The first-order valence-electron chi connectivity index (χ1n) is 8.99. The SMILES string of the molecule is CC(C)C#CCNCC[C@H](Cc1ccccc1)NC(=O)OC(C)(C)C. The quantitative estimate of drug-likeness (QED) is 0.585. The van der Waals surface area contributed by atoms with Crippen LogP contribution in [0.3, 0.4) is 0 Å². The summed E-state index contributed by atoms with van der Waals surface area (Å²) in [6.45, 7) is 11.2. The summed E-state index contributed by atoms with van der Waals surface area (Å²) in [7, 11) is 0. The number of carbonyl (C=O) groups excluding carboxylic acids is 1. The fourth-order valence-electron chi connectivity index (χ4n) is 2.28. The third kappa shape index (κ3) is 11.2. The highest BCUT2D eigenvalue weighted by Crippen LogP contribution is 2.09. The molecule has 0 bridgehead atoms. The molecule has 1 aromatic carbocycles. The highest BCUT2D eigenvalue weighted by atomic mass is 16.6. The normalized spacial score (nSPS) is 12.2. The van der Waals surface area contributed by atoms with E-state index in [9.17, 15) is 4.79 Å². The van der Waals surface area contributed by atoms with Crippen molar-refractivity contribution in [1.82, 2.24) is 10.6 Å². The van der Waals surface area contributed by atoms with E-state index in [0.29, 0.717) is 12.5 Å². The molecule has 0 aromatic heterocycles. The maximum Gasteiger partial charge on any atom is 0.407 e. The van der Waals surface area contributed by atoms with Gasteiger partial charge in [-0.2, -0.15) is 0 Å². The minimum absolute atomic E-state index is 0.0165. The van der Waals surface area contributed by atoms with Crippen LogP contribution in [0, 0.1) is 17.8 Å². The standard InChI is InChI=1S/C21H32N2O2/c1-17(2)10-9-14-22-15-13-19(16-18-11-7-6-8-12-18)23-20(24)25-21(3,4)5/h6-8,11-12,17,19,22H,13-16H2,1-5H3,(H,23,24)/t19-/m1/s1. The number of ether oxygens (including phenoxy) is 1. The van der Waals surface area contributed by atoms with Crippen molar-refractivity contribution >= 4 is 6.09 Å². The van der Waals surface area contributed by atoms with Crippen molar-refractivity contribution in [3.8, 4) is 11.8 Å². The summed E-state index contributed by atoms with van der Waals surface area (Å²) in [6.07, 6.45) is 1.23. The van der Waals surface area contributed by atoms with E-state index >= 15 is 0 Å². The topological polar surface area (TPSA) is 50.4 Å². The van der Waals surface area contributed by atoms with Crippen LogP contribution in [0.5, 0.6) is 0 Å². The molecule has 0 unspecified atom stereocenters. The predicted octanol–water partition coefficient (Wildman–Crippen LogP) is 3.76. The molecular formula is C21H32N2O2. The summed E-state index contributed by atoms with van der Waals surface area (Å²) in [6, 6.07) is 10.2. The lowest BCUT2D eigenvalue weighted by Crippen LogP contribution is -2.41. The van der Waals surface area contributed by atoms with Crippen molar-refractivity contribution in [3.63, 3.8) is 0 Å². The zero-order valence-corrected chi connectivity index (χ0v) is 16.2. The van der Waals surface area contributed by atoms with Gasteiger partial charge in [-0.05, 0) is 45.7 Å². The zero-order chi connectivity index (χ0) is 18.7. The number of amides is 1. The number of alkyl carbamates (subject to hydrolysis) is 1. The highest BCUT2D eigenvalue weighted by molar-refractivity contribution is 5.68. The Morgan fingerprint density at radius 1 is 1.20 bits per heavy atom. The molecule has 0 aliphatic carbocycles. The second-order valence-corrected chi connectivity index (χ2v) is 7.47. The predicted molar refractivity (Wildman–Crippen MR) is 103 cm³/mol. The number of carbonyl (C=O) groups is 1. The van der Waals surface area contributed by atoms with E-state index in [0.717, 1.165) is 19.4 Å². The number of nitrogens with one attached hydrogen (secondary N) is 2. The summed E-state index contributed by atoms with van der Waals surface area (Å²) >= 11 is 0. The molecular weight excluding hydrogens is 312 g/mol. The van der Waals surface area contributed by atoms with Crippen LogP contribution in [-0.4, -0.2) is 30.8 Å². The largest absolute Gasteiger partial charge is 0.444 e. The first-order valence-corrected chi connectivity index (χ1v) is 8.99. The Labute approximate surface area is 152 Å². The Morgan fingerprint density at radius 3 is 2.48 bits per heavy atom. The Hall–Kier alpha value is -1.99. The van der Waals surface area contributed by atoms with Gasteiger partial charge in [0.25, 0.3) is 0 Å². The third-order valence-corrected chi connectivity index (χ3v) is 3.32. The molecule has 4 heteroatoms. The van der Waals surface area contributed by atoms with Crippen LogP contribution in [0.25, 0.3) is 0 Å². The van der Waals surface area contributed by atoms with Gasteiger partial charge < -0.3 is 15.4 Å². The van der Waals surface area contributed by atoms with Gasteiger partial charge in [0.15, 0.2) is 0 Å². The van der Waals surface area contributed by atoms with Gasteiger partial charge in [0.1, 0.15) is 5.60 Å². The molecule has 0 spiro atoms. The molecule has 1 rings (SSSR count). The molecule has 1 aromatic rings. The van der Waals surface area contributed by atoms with Crippen LogP contribution < -0.4 is 10.6 Å². The molecule has 2 N–H and O–H groups in total. The maximum absolute atomic E-state index is 12.1. The first kappa shape index (κ1) is 21.1. The average molecular weight is 344 g/mol. The molecule has 4 nitrogen and oxygen atoms in total. The highest BCUT2D eigenvalue weighted by Gasteiger charge is 2.19. The van der Waals surface area contributed by atoms with Gasteiger partial charge in [-0.1, -0.05) is 56.0 Å². The lowest BCUT2D eigenvalue weighted by molar-refractivity contribution is 0.0502. The summed E-state index contributed by atoms with van der Waals surface area (Å²) in [5.74, 6) is 6.63. The fraction of sp³-hybridized carbons (Fsp3) is 0.571. The molecule has 0 radical (unpaired) electrons. The van der Waals surface area contributed by atoms with Gasteiger partial charge in [0.2, 0.25) is 0 Å². The second-order valence-electron chi connectivity index (χ2n) is 7.47. The van der Waals surface area contributed by atoms with Crippen LogP contribution in [0.2, 0.25) is 0 Å². The minimum atomic E-state index is -0.494. The van der Waals surface area contributed by atoms with E-state index in [2.05, 4.69) is 48.5 Å². The minimum Gasteiger partial charge on any atom is -0.444 e. The van der Waals surface area contributed by atoms with E-state index in [4.69, 9.17) is 4.74 Å². The first-order chi connectivity index (χ1) is 11.8. The monoisotopic (exact) mass is 344 g/mol. The average Bonchev–Trinajstić information content (AvgIpc) is 2.49. The van der Waals surface area contributed by atoms with Gasteiger partial charge in [0.05, 0.1) is 6.54 Å². The van der Waals surface area contributed by atoms with Gasteiger partial charge in [-0.3, -0.25) is 0 Å². The van der Waals surface area contributed by atoms with Crippen molar-refractivity contribution in [2.45, 2.75) is 59.1 Å². The number of benzene rings is 1. The summed E-state index contributed by atoms with van der Waals surface area (Å²) in [5.41, 5.74) is 0.703. The van der Waals surface area contributed by atoms with Crippen molar-refractivity contribution in [1.29, 1.82) is 0 Å². The fourth-order valence-corrected chi connectivity index (χ4v) is 2.28. The van der Waals surface area contributed by atoms with Crippen LogP contribution in [0.1, 0.15) is 46.6 Å². The molecule has 1 atom stereocenters. The molecule has 0 saturated carbocycles.